The standard InChI is InChI=1S/C17H29F/c1-2-3-14-4-8-16(9-5-14)17-10-6-15(7-11-17)12-13-18/h12-17H,2-11H2,1H3. The predicted molar refractivity (Wildman–Crippen MR) is 76.1 cm³/mol. The highest BCUT2D eigenvalue weighted by atomic mass is 19.1. The first kappa shape index (κ1) is 14.1. The summed E-state index contributed by atoms with van der Waals surface area (Å²) < 4.78 is 12.2. The topological polar surface area (TPSA) is 0 Å². The van der Waals surface area contributed by atoms with E-state index >= 15 is 0 Å². The predicted octanol–water partition coefficient (Wildman–Crippen LogP) is 5.88. The van der Waals surface area contributed by atoms with E-state index in [0.29, 0.717) is 5.92 Å². The molecule has 0 nitrogen and oxygen atoms in total. The summed E-state index contributed by atoms with van der Waals surface area (Å²) in [5.41, 5.74) is 0. The summed E-state index contributed by atoms with van der Waals surface area (Å²) in [4.78, 5) is 0. The first-order valence-electron chi connectivity index (χ1n) is 8.10. The molecule has 2 rings (SSSR count). The largest absolute Gasteiger partial charge is 0.216 e. The third-order valence-corrected chi connectivity index (χ3v) is 5.42. The van der Waals surface area contributed by atoms with Gasteiger partial charge in [0.15, 0.2) is 0 Å². The van der Waals surface area contributed by atoms with Crippen LogP contribution in [-0.2, 0) is 0 Å². The van der Waals surface area contributed by atoms with Crippen LogP contribution in [0.3, 0.4) is 0 Å². The van der Waals surface area contributed by atoms with Gasteiger partial charge in [0, 0.05) is 0 Å². The zero-order chi connectivity index (χ0) is 12.8. The van der Waals surface area contributed by atoms with Gasteiger partial charge in [0.05, 0.1) is 6.33 Å². The summed E-state index contributed by atoms with van der Waals surface area (Å²) in [6, 6.07) is 0. The molecule has 0 saturated heterocycles. The molecule has 0 atom stereocenters. The van der Waals surface area contributed by atoms with Gasteiger partial charge in [-0.25, -0.2) is 4.39 Å². The van der Waals surface area contributed by atoms with Crippen LogP contribution in [0.2, 0.25) is 0 Å². The van der Waals surface area contributed by atoms with Gasteiger partial charge < -0.3 is 0 Å². The van der Waals surface area contributed by atoms with Crippen LogP contribution in [0.5, 0.6) is 0 Å². The van der Waals surface area contributed by atoms with Crippen LogP contribution >= 0.6 is 0 Å². The number of allylic oxidation sites excluding steroid dienone is 1. The van der Waals surface area contributed by atoms with E-state index in [2.05, 4.69) is 6.92 Å². The Morgan fingerprint density at radius 1 is 0.889 bits per heavy atom. The van der Waals surface area contributed by atoms with Crippen LogP contribution in [0.4, 0.5) is 4.39 Å². The van der Waals surface area contributed by atoms with Gasteiger partial charge in [-0.1, -0.05) is 38.7 Å². The second kappa shape index (κ2) is 7.31. The maximum atomic E-state index is 12.2. The second-order valence-electron chi connectivity index (χ2n) is 6.56. The fraction of sp³-hybridized carbons (Fsp3) is 0.882. The van der Waals surface area contributed by atoms with Gasteiger partial charge in [-0.05, 0) is 62.2 Å². The Morgan fingerprint density at radius 3 is 1.94 bits per heavy atom. The second-order valence-corrected chi connectivity index (χ2v) is 6.56. The van der Waals surface area contributed by atoms with Crippen molar-refractivity contribution in [3.8, 4) is 0 Å². The maximum absolute atomic E-state index is 12.2. The molecule has 0 aliphatic heterocycles. The van der Waals surface area contributed by atoms with Gasteiger partial charge in [-0.2, -0.15) is 0 Å². The maximum Gasteiger partial charge on any atom is 0.0829 e. The third kappa shape index (κ3) is 3.83. The van der Waals surface area contributed by atoms with E-state index in [1.165, 1.54) is 64.2 Å². The number of hydrogen-bond donors (Lipinski definition) is 0. The normalized spacial score (nSPS) is 38.1. The zero-order valence-corrected chi connectivity index (χ0v) is 11.9. The summed E-state index contributed by atoms with van der Waals surface area (Å²) in [6.45, 7) is 2.31. The molecule has 0 aromatic carbocycles. The third-order valence-electron chi connectivity index (χ3n) is 5.42. The molecule has 18 heavy (non-hydrogen) atoms. The number of rotatable bonds is 4. The Kier molecular flexibility index (Phi) is 5.72. The van der Waals surface area contributed by atoms with Crippen molar-refractivity contribution in [3.05, 3.63) is 12.4 Å². The molecule has 2 saturated carbocycles. The van der Waals surface area contributed by atoms with E-state index in [4.69, 9.17) is 0 Å². The van der Waals surface area contributed by atoms with Crippen LogP contribution < -0.4 is 0 Å². The van der Waals surface area contributed by atoms with Crippen LogP contribution in [0.1, 0.15) is 71.1 Å². The molecule has 0 spiro atoms. The Labute approximate surface area is 112 Å². The van der Waals surface area contributed by atoms with E-state index < -0.39 is 0 Å². The summed E-state index contributed by atoms with van der Waals surface area (Å²) in [7, 11) is 0. The molecule has 0 amide bonds. The van der Waals surface area contributed by atoms with Crippen LogP contribution in [0.15, 0.2) is 12.4 Å². The van der Waals surface area contributed by atoms with E-state index in [0.717, 1.165) is 24.1 Å². The Bertz CT molecular complexity index is 242. The average molecular weight is 252 g/mol. The Balaban J connectivity index is 1.71. The van der Waals surface area contributed by atoms with Crippen LogP contribution in [0, 0.1) is 23.7 Å². The minimum Gasteiger partial charge on any atom is -0.216 e. The molecule has 2 fully saturated rings. The first-order chi connectivity index (χ1) is 8.83. The van der Waals surface area contributed by atoms with Crippen LogP contribution in [-0.4, -0.2) is 0 Å². The van der Waals surface area contributed by atoms with Gasteiger partial charge in [-0.15, -0.1) is 0 Å². The molecule has 0 unspecified atom stereocenters. The molecule has 0 aromatic rings. The summed E-state index contributed by atoms with van der Waals surface area (Å²) in [6.07, 6.45) is 16.4. The monoisotopic (exact) mass is 252 g/mol. The minimum absolute atomic E-state index is 0.530. The smallest absolute Gasteiger partial charge is 0.0829 e. The van der Waals surface area contributed by atoms with Gasteiger partial charge in [0.1, 0.15) is 0 Å². The van der Waals surface area contributed by atoms with Crippen molar-refractivity contribution >= 4 is 0 Å². The average Bonchev–Trinajstić information content (AvgIpc) is 2.41. The molecular formula is C17H29F. The van der Waals surface area contributed by atoms with Crippen molar-refractivity contribution in [2.75, 3.05) is 0 Å². The summed E-state index contributed by atoms with van der Waals surface area (Å²) in [5.74, 6) is 3.50. The van der Waals surface area contributed by atoms with Gasteiger partial charge >= 0.3 is 0 Å². The van der Waals surface area contributed by atoms with Crippen molar-refractivity contribution in [1.29, 1.82) is 0 Å². The van der Waals surface area contributed by atoms with Gasteiger partial charge in [0.25, 0.3) is 0 Å². The molecule has 0 bridgehead atoms. The lowest BCUT2D eigenvalue weighted by molar-refractivity contribution is 0.152. The lowest BCUT2D eigenvalue weighted by atomic mass is 9.69. The number of hydrogen-bond acceptors (Lipinski definition) is 0. The van der Waals surface area contributed by atoms with Crippen molar-refractivity contribution in [3.63, 3.8) is 0 Å². The van der Waals surface area contributed by atoms with Crippen molar-refractivity contribution in [2.24, 2.45) is 23.7 Å². The highest BCUT2D eigenvalue weighted by Crippen LogP contribution is 2.42. The molecule has 2 aliphatic rings. The Hall–Kier alpha value is -0.330. The fourth-order valence-electron chi connectivity index (χ4n) is 4.27. The SMILES string of the molecule is CCCC1CCC(C2CCC(C=CF)CC2)CC1. The molecule has 1 heteroatoms. The highest BCUT2D eigenvalue weighted by Gasteiger charge is 2.29. The van der Waals surface area contributed by atoms with E-state index in [1.807, 2.05) is 0 Å². The summed E-state index contributed by atoms with van der Waals surface area (Å²) in [5, 5.41) is 0. The lowest BCUT2D eigenvalue weighted by Gasteiger charge is -2.37. The van der Waals surface area contributed by atoms with Crippen molar-refractivity contribution < 1.29 is 4.39 Å². The van der Waals surface area contributed by atoms with E-state index in [9.17, 15) is 4.39 Å². The highest BCUT2D eigenvalue weighted by molar-refractivity contribution is 4.89. The molecule has 2 aliphatic carbocycles. The molecule has 0 N–H and O–H groups in total. The number of halogens is 1. The van der Waals surface area contributed by atoms with Gasteiger partial charge in [0.2, 0.25) is 0 Å². The van der Waals surface area contributed by atoms with Gasteiger partial charge in [-0.3, -0.25) is 0 Å². The summed E-state index contributed by atoms with van der Waals surface area (Å²) >= 11 is 0. The molecule has 0 aromatic heterocycles. The quantitative estimate of drug-likeness (QED) is 0.586. The van der Waals surface area contributed by atoms with Crippen LogP contribution in [0.25, 0.3) is 0 Å². The first-order valence-corrected chi connectivity index (χ1v) is 8.10. The minimum atomic E-state index is 0.530. The fourth-order valence-corrected chi connectivity index (χ4v) is 4.27. The van der Waals surface area contributed by atoms with E-state index in [1.54, 1.807) is 6.08 Å². The zero-order valence-electron chi connectivity index (χ0n) is 11.9. The van der Waals surface area contributed by atoms with E-state index in [-0.39, 0.29) is 0 Å². The molecule has 0 heterocycles. The lowest BCUT2D eigenvalue weighted by Crippen LogP contribution is -2.25. The molecule has 0 radical (unpaired) electrons. The molecule has 104 valence electrons. The van der Waals surface area contributed by atoms with Crippen molar-refractivity contribution in [1.82, 2.24) is 0 Å². The molecular weight excluding hydrogens is 223 g/mol. The van der Waals surface area contributed by atoms with Crippen molar-refractivity contribution in [2.45, 2.75) is 71.1 Å². The Morgan fingerprint density at radius 2 is 1.44 bits per heavy atom.